The normalized spacial score (nSPS) is 11.5. The summed E-state index contributed by atoms with van der Waals surface area (Å²) >= 11 is 0. The van der Waals surface area contributed by atoms with E-state index in [9.17, 15) is 19.7 Å². The van der Waals surface area contributed by atoms with Crippen LogP contribution in [0.5, 0.6) is 0 Å². The first kappa shape index (κ1) is 15.4. The van der Waals surface area contributed by atoms with Crippen LogP contribution in [0.1, 0.15) is 23.7 Å². The van der Waals surface area contributed by atoms with Crippen LogP contribution >= 0.6 is 0 Å². The van der Waals surface area contributed by atoms with Crippen LogP contribution in [-0.2, 0) is 4.79 Å². The zero-order valence-electron chi connectivity index (χ0n) is 11.2. The van der Waals surface area contributed by atoms with Crippen molar-refractivity contribution in [3.05, 3.63) is 33.9 Å². The van der Waals surface area contributed by atoms with Gasteiger partial charge in [0, 0.05) is 31.1 Å². The Kier molecular flexibility index (Phi) is 5.01. The molecule has 0 aliphatic carbocycles. The van der Waals surface area contributed by atoms with Gasteiger partial charge in [0.15, 0.2) is 0 Å². The van der Waals surface area contributed by atoms with Crippen LogP contribution in [0.25, 0.3) is 0 Å². The van der Waals surface area contributed by atoms with Gasteiger partial charge >= 0.3 is 0 Å². The van der Waals surface area contributed by atoms with Crippen molar-refractivity contribution in [1.82, 2.24) is 5.32 Å². The number of benzene rings is 1. The number of nitro groups is 1. The maximum atomic E-state index is 11.9. The summed E-state index contributed by atoms with van der Waals surface area (Å²) in [6.45, 7) is 1.65. The molecule has 1 aromatic carbocycles. The number of primary amides is 1. The number of nitro benzene ring substituents is 1. The summed E-state index contributed by atoms with van der Waals surface area (Å²) in [5.74, 6) is -0.942. The van der Waals surface area contributed by atoms with Gasteiger partial charge in [-0.15, -0.1) is 0 Å². The smallest absolute Gasteiger partial charge is 0.292 e. The summed E-state index contributed by atoms with van der Waals surface area (Å²) in [6, 6.07) is 3.57. The second-order valence-electron chi connectivity index (χ2n) is 4.28. The predicted octanol–water partition coefficient (Wildman–Crippen LogP) is 0.630. The molecule has 0 saturated carbocycles. The Hall–Kier alpha value is -2.64. The molecule has 0 spiro atoms. The molecule has 0 radical (unpaired) electrons. The zero-order chi connectivity index (χ0) is 15.3. The topological polar surface area (TPSA) is 127 Å². The number of rotatable bonds is 6. The third kappa shape index (κ3) is 3.94. The van der Waals surface area contributed by atoms with E-state index in [-0.39, 0.29) is 23.4 Å². The molecule has 108 valence electrons. The summed E-state index contributed by atoms with van der Waals surface area (Å²) in [7, 11) is 1.53. The van der Waals surface area contributed by atoms with Crippen molar-refractivity contribution in [2.24, 2.45) is 5.73 Å². The lowest BCUT2D eigenvalue weighted by Gasteiger charge is -2.12. The number of carbonyl (C=O) groups is 2. The Bertz CT molecular complexity index is 544. The number of carbonyl (C=O) groups excluding carboxylic acids is 2. The van der Waals surface area contributed by atoms with Crippen molar-refractivity contribution in [2.45, 2.75) is 19.4 Å². The average molecular weight is 280 g/mol. The fourth-order valence-electron chi connectivity index (χ4n) is 1.70. The zero-order valence-corrected chi connectivity index (χ0v) is 11.2. The average Bonchev–Trinajstić information content (AvgIpc) is 2.36. The number of nitrogens with zero attached hydrogens (tertiary/aromatic N) is 1. The molecule has 0 bridgehead atoms. The summed E-state index contributed by atoms with van der Waals surface area (Å²) in [5.41, 5.74) is 5.42. The van der Waals surface area contributed by atoms with Crippen molar-refractivity contribution in [2.75, 3.05) is 12.4 Å². The van der Waals surface area contributed by atoms with E-state index in [1.165, 1.54) is 25.2 Å². The fraction of sp³-hybridized carbons (Fsp3) is 0.333. The Morgan fingerprint density at radius 3 is 2.60 bits per heavy atom. The molecule has 0 aliphatic rings. The largest absolute Gasteiger partial charge is 0.383 e. The minimum atomic E-state index is -0.538. The Labute approximate surface area is 115 Å². The van der Waals surface area contributed by atoms with Crippen LogP contribution in [-0.4, -0.2) is 29.8 Å². The van der Waals surface area contributed by atoms with Gasteiger partial charge in [0.05, 0.1) is 4.92 Å². The molecule has 0 heterocycles. The third-order valence-corrected chi connectivity index (χ3v) is 2.61. The number of amides is 2. The summed E-state index contributed by atoms with van der Waals surface area (Å²) in [6.07, 6.45) is 0.0254. The van der Waals surface area contributed by atoms with Gasteiger partial charge in [0.2, 0.25) is 5.91 Å². The van der Waals surface area contributed by atoms with Crippen molar-refractivity contribution in [3.63, 3.8) is 0 Å². The van der Waals surface area contributed by atoms with Crippen molar-refractivity contribution in [3.8, 4) is 0 Å². The van der Waals surface area contributed by atoms with E-state index in [1.807, 2.05) is 0 Å². The molecule has 8 heteroatoms. The molecular weight excluding hydrogens is 264 g/mol. The van der Waals surface area contributed by atoms with E-state index >= 15 is 0 Å². The van der Waals surface area contributed by atoms with Crippen LogP contribution < -0.4 is 16.4 Å². The highest BCUT2D eigenvalue weighted by Gasteiger charge is 2.17. The molecule has 0 aromatic heterocycles. The Balaban J connectivity index is 2.89. The summed E-state index contributed by atoms with van der Waals surface area (Å²) in [4.78, 5) is 32.9. The monoisotopic (exact) mass is 280 g/mol. The number of nitrogens with one attached hydrogen (secondary N) is 2. The molecule has 4 N–H and O–H groups in total. The molecule has 1 unspecified atom stereocenters. The van der Waals surface area contributed by atoms with Crippen molar-refractivity contribution in [1.29, 1.82) is 0 Å². The first-order valence-corrected chi connectivity index (χ1v) is 5.90. The molecule has 1 atom stereocenters. The van der Waals surface area contributed by atoms with E-state index < -0.39 is 22.8 Å². The standard InChI is InChI=1S/C12H16N4O4/c1-7(5-11(13)17)15-12(18)8-3-4-10(16(19)20)9(6-8)14-2/h3-4,6-7,14H,5H2,1-2H3,(H2,13,17)(H,15,18). The SMILES string of the molecule is CNc1cc(C(=O)NC(C)CC(N)=O)ccc1[N+](=O)[O-]. The number of anilines is 1. The highest BCUT2D eigenvalue weighted by Crippen LogP contribution is 2.24. The van der Waals surface area contributed by atoms with Gasteiger partial charge in [0.25, 0.3) is 11.6 Å². The van der Waals surface area contributed by atoms with Crippen LogP contribution in [0.3, 0.4) is 0 Å². The highest BCUT2D eigenvalue weighted by molar-refractivity contribution is 5.96. The van der Waals surface area contributed by atoms with Gasteiger partial charge in [-0.3, -0.25) is 19.7 Å². The lowest BCUT2D eigenvalue weighted by Crippen LogP contribution is -2.35. The van der Waals surface area contributed by atoms with E-state index in [1.54, 1.807) is 6.92 Å². The molecule has 0 saturated heterocycles. The quantitative estimate of drug-likeness (QED) is 0.520. The molecule has 0 fully saturated rings. The number of nitrogens with two attached hydrogens (primary N) is 1. The minimum Gasteiger partial charge on any atom is -0.383 e. The van der Waals surface area contributed by atoms with E-state index in [2.05, 4.69) is 10.6 Å². The maximum Gasteiger partial charge on any atom is 0.292 e. The molecule has 0 aliphatic heterocycles. The van der Waals surface area contributed by atoms with Gasteiger partial charge in [-0.2, -0.15) is 0 Å². The minimum absolute atomic E-state index is 0.0254. The van der Waals surface area contributed by atoms with Crippen LogP contribution in [0.2, 0.25) is 0 Å². The van der Waals surface area contributed by atoms with Gasteiger partial charge in [-0.25, -0.2) is 0 Å². The highest BCUT2D eigenvalue weighted by atomic mass is 16.6. The third-order valence-electron chi connectivity index (χ3n) is 2.61. The van der Waals surface area contributed by atoms with Gasteiger partial charge in [-0.1, -0.05) is 0 Å². The van der Waals surface area contributed by atoms with E-state index in [4.69, 9.17) is 5.73 Å². The number of hydrogen-bond donors (Lipinski definition) is 3. The Morgan fingerprint density at radius 2 is 2.10 bits per heavy atom. The van der Waals surface area contributed by atoms with Crippen molar-refractivity contribution >= 4 is 23.2 Å². The first-order valence-electron chi connectivity index (χ1n) is 5.90. The van der Waals surface area contributed by atoms with Gasteiger partial charge < -0.3 is 16.4 Å². The fourth-order valence-corrected chi connectivity index (χ4v) is 1.70. The summed E-state index contributed by atoms with van der Waals surface area (Å²) in [5, 5.41) is 16.0. The molecular formula is C12H16N4O4. The van der Waals surface area contributed by atoms with Crippen LogP contribution in [0.4, 0.5) is 11.4 Å². The van der Waals surface area contributed by atoms with Crippen LogP contribution in [0, 0.1) is 10.1 Å². The molecule has 20 heavy (non-hydrogen) atoms. The lowest BCUT2D eigenvalue weighted by molar-refractivity contribution is -0.383. The molecule has 8 nitrogen and oxygen atoms in total. The molecule has 2 amide bonds. The maximum absolute atomic E-state index is 11.9. The van der Waals surface area contributed by atoms with Gasteiger partial charge in [0.1, 0.15) is 5.69 Å². The number of hydrogen-bond acceptors (Lipinski definition) is 5. The van der Waals surface area contributed by atoms with E-state index in [0.717, 1.165) is 0 Å². The van der Waals surface area contributed by atoms with E-state index in [0.29, 0.717) is 0 Å². The van der Waals surface area contributed by atoms with Crippen molar-refractivity contribution < 1.29 is 14.5 Å². The lowest BCUT2D eigenvalue weighted by atomic mass is 10.1. The first-order chi connectivity index (χ1) is 9.35. The Morgan fingerprint density at radius 1 is 1.45 bits per heavy atom. The second kappa shape index (κ2) is 6.50. The molecule has 1 aromatic rings. The predicted molar refractivity (Wildman–Crippen MR) is 73.4 cm³/mol. The molecule has 1 rings (SSSR count). The van der Waals surface area contributed by atoms with Crippen LogP contribution in [0.15, 0.2) is 18.2 Å². The summed E-state index contributed by atoms with van der Waals surface area (Å²) < 4.78 is 0. The second-order valence-corrected chi connectivity index (χ2v) is 4.28. The van der Waals surface area contributed by atoms with Gasteiger partial charge in [-0.05, 0) is 19.1 Å².